The smallest absolute Gasteiger partial charge is 0.306 e. The predicted octanol–water partition coefficient (Wildman–Crippen LogP) is 5.52. The molecule has 1 amide bonds. The highest BCUT2D eigenvalue weighted by atomic mass is 19.4. The Hall–Kier alpha value is -3.64. The fraction of sp³-hybridized carbons (Fsp3) is 0.333. The van der Waals surface area contributed by atoms with E-state index in [0.717, 1.165) is 25.0 Å². The van der Waals surface area contributed by atoms with Crippen molar-refractivity contribution in [2.75, 3.05) is 7.05 Å². The SMILES string of the molecule is CN1C(c2cc(F)c(F)c(F)c2)C2=C([C@@H]3CCC[C@H](C2)N3)N1C(=O)c1cc(C(F)(F)F)n(-c2ccccc2)n1. The van der Waals surface area contributed by atoms with Crippen molar-refractivity contribution in [1.29, 1.82) is 0 Å². The highest BCUT2D eigenvalue weighted by Crippen LogP contribution is 2.48. The quantitative estimate of drug-likeness (QED) is 0.347. The molecule has 12 heteroatoms. The van der Waals surface area contributed by atoms with Crippen LogP contribution in [0.3, 0.4) is 0 Å². The van der Waals surface area contributed by atoms with Crippen LogP contribution < -0.4 is 5.32 Å². The van der Waals surface area contributed by atoms with Crippen molar-refractivity contribution < 1.29 is 31.1 Å². The summed E-state index contributed by atoms with van der Waals surface area (Å²) in [5, 5.41) is 10.2. The zero-order chi connectivity index (χ0) is 27.6. The van der Waals surface area contributed by atoms with E-state index in [0.29, 0.717) is 34.9 Å². The standard InChI is InChI=1S/C27H23F6N5O/c1-36-24(14-10-18(28)23(30)19(29)11-14)17-12-15-6-5-9-20(34-15)25(17)38(36)26(39)21-13-22(27(31,32)33)37(35-21)16-7-3-2-4-8-16/h2-4,7-8,10-11,13,15,20,24,34H,5-6,9,12H2,1H3/t15-,20+,24?/m1/s1. The molecule has 1 unspecified atom stereocenters. The van der Waals surface area contributed by atoms with E-state index in [1.165, 1.54) is 29.2 Å². The molecule has 3 aromatic rings. The monoisotopic (exact) mass is 547 g/mol. The van der Waals surface area contributed by atoms with Gasteiger partial charge < -0.3 is 5.32 Å². The first kappa shape index (κ1) is 25.6. The van der Waals surface area contributed by atoms with Crippen molar-refractivity contribution in [3.05, 3.63) is 94.2 Å². The van der Waals surface area contributed by atoms with Crippen molar-refractivity contribution in [3.63, 3.8) is 0 Å². The summed E-state index contributed by atoms with van der Waals surface area (Å²) in [7, 11) is 1.52. The molecule has 1 N–H and O–H groups in total. The number of hydrogen-bond donors (Lipinski definition) is 1. The van der Waals surface area contributed by atoms with E-state index >= 15 is 0 Å². The molecule has 0 radical (unpaired) electrons. The lowest BCUT2D eigenvalue weighted by molar-refractivity contribution is -0.142. The van der Waals surface area contributed by atoms with Gasteiger partial charge in [0.05, 0.1) is 17.4 Å². The number of carbonyl (C=O) groups excluding carboxylic acids is 1. The number of nitrogens with one attached hydrogen (secondary N) is 1. The molecule has 0 spiro atoms. The summed E-state index contributed by atoms with van der Waals surface area (Å²) >= 11 is 0. The number of amides is 1. The van der Waals surface area contributed by atoms with Crippen molar-refractivity contribution in [2.45, 2.75) is 50.0 Å². The molecule has 204 valence electrons. The molecule has 39 heavy (non-hydrogen) atoms. The van der Waals surface area contributed by atoms with Gasteiger partial charge in [-0.15, -0.1) is 0 Å². The lowest BCUT2D eigenvalue weighted by atomic mass is 9.81. The number of nitrogens with zero attached hydrogens (tertiary/aromatic N) is 4. The molecule has 1 aromatic heterocycles. The van der Waals surface area contributed by atoms with Gasteiger partial charge in [0.2, 0.25) is 0 Å². The minimum atomic E-state index is -4.79. The van der Waals surface area contributed by atoms with E-state index in [2.05, 4.69) is 10.4 Å². The van der Waals surface area contributed by atoms with Crippen LogP contribution in [0.15, 0.2) is 59.8 Å². The van der Waals surface area contributed by atoms with E-state index in [4.69, 9.17) is 0 Å². The number of rotatable bonds is 3. The zero-order valence-electron chi connectivity index (χ0n) is 20.6. The van der Waals surface area contributed by atoms with Gasteiger partial charge in [-0.3, -0.25) is 4.79 Å². The Balaban J connectivity index is 1.47. The summed E-state index contributed by atoms with van der Waals surface area (Å²) < 4.78 is 84.9. The van der Waals surface area contributed by atoms with Crippen molar-refractivity contribution in [3.8, 4) is 5.69 Å². The average molecular weight is 548 g/mol. The summed E-state index contributed by atoms with van der Waals surface area (Å²) in [5.41, 5.74) is -0.1000. The topological polar surface area (TPSA) is 53.4 Å². The Morgan fingerprint density at radius 2 is 1.72 bits per heavy atom. The molecule has 6 nitrogen and oxygen atoms in total. The minimum Gasteiger partial charge on any atom is -0.306 e. The fourth-order valence-corrected chi connectivity index (χ4v) is 6.00. The van der Waals surface area contributed by atoms with Gasteiger partial charge in [-0.25, -0.2) is 27.9 Å². The van der Waals surface area contributed by atoms with E-state index < -0.39 is 47.0 Å². The van der Waals surface area contributed by atoms with Gasteiger partial charge in [0.15, 0.2) is 23.1 Å². The van der Waals surface area contributed by atoms with Gasteiger partial charge in [0.25, 0.3) is 5.91 Å². The number of benzene rings is 2. The largest absolute Gasteiger partial charge is 0.433 e. The van der Waals surface area contributed by atoms with Crippen LogP contribution in [-0.4, -0.2) is 44.8 Å². The summed E-state index contributed by atoms with van der Waals surface area (Å²) in [6, 6.07) is 9.09. The molecule has 3 aliphatic rings. The molecule has 6 rings (SSSR count). The first-order valence-corrected chi connectivity index (χ1v) is 12.5. The third-order valence-electron chi connectivity index (χ3n) is 7.59. The molecule has 1 saturated heterocycles. The molecule has 1 fully saturated rings. The Morgan fingerprint density at radius 1 is 1.03 bits per heavy atom. The first-order valence-electron chi connectivity index (χ1n) is 12.5. The Kier molecular flexibility index (Phi) is 6.07. The lowest BCUT2D eigenvalue weighted by Crippen LogP contribution is -2.51. The van der Waals surface area contributed by atoms with Gasteiger partial charge in [-0.2, -0.15) is 18.3 Å². The van der Waals surface area contributed by atoms with E-state index in [1.807, 2.05) is 0 Å². The molecule has 2 bridgehead atoms. The second-order valence-electron chi connectivity index (χ2n) is 10.0. The Labute approximate surface area is 219 Å². The molecular weight excluding hydrogens is 524 g/mol. The molecular formula is C27H23F6N5O. The van der Waals surface area contributed by atoms with Crippen molar-refractivity contribution in [1.82, 2.24) is 25.1 Å². The Morgan fingerprint density at radius 3 is 2.38 bits per heavy atom. The number of carbonyl (C=O) groups is 1. The normalized spacial score (nSPS) is 23.4. The number of halogens is 6. The first-order chi connectivity index (χ1) is 18.5. The predicted molar refractivity (Wildman–Crippen MR) is 128 cm³/mol. The van der Waals surface area contributed by atoms with Crippen LogP contribution in [0.1, 0.15) is 53.5 Å². The Bertz CT molecular complexity index is 1460. The number of fused-ring (bicyclic) bond motifs is 3. The molecule has 2 aromatic carbocycles. The average Bonchev–Trinajstić information content (AvgIpc) is 3.47. The number of piperidine rings is 1. The van der Waals surface area contributed by atoms with Crippen LogP contribution >= 0.6 is 0 Å². The van der Waals surface area contributed by atoms with Crippen LogP contribution in [0.2, 0.25) is 0 Å². The van der Waals surface area contributed by atoms with Crippen LogP contribution in [0.4, 0.5) is 26.3 Å². The molecule has 3 atom stereocenters. The van der Waals surface area contributed by atoms with Gasteiger partial charge in [-0.1, -0.05) is 18.2 Å². The highest BCUT2D eigenvalue weighted by Gasteiger charge is 2.49. The molecule has 0 aliphatic carbocycles. The number of hydrogen-bond acceptors (Lipinski definition) is 4. The second-order valence-corrected chi connectivity index (χ2v) is 10.0. The fourth-order valence-electron chi connectivity index (χ4n) is 6.00. The summed E-state index contributed by atoms with van der Waals surface area (Å²) in [5.74, 6) is -5.15. The van der Waals surface area contributed by atoms with Gasteiger partial charge in [-0.05, 0) is 61.1 Å². The number of para-hydroxylation sites is 1. The van der Waals surface area contributed by atoms with Gasteiger partial charge in [0.1, 0.15) is 5.69 Å². The van der Waals surface area contributed by atoms with Gasteiger partial charge >= 0.3 is 6.18 Å². The van der Waals surface area contributed by atoms with E-state index in [-0.39, 0.29) is 23.3 Å². The number of hydrazine groups is 1. The van der Waals surface area contributed by atoms with Gasteiger partial charge in [0, 0.05) is 25.2 Å². The van der Waals surface area contributed by atoms with Crippen LogP contribution in [-0.2, 0) is 6.18 Å². The summed E-state index contributed by atoms with van der Waals surface area (Å²) in [6.45, 7) is 0. The zero-order valence-corrected chi connectivity index (χ0v) is 20.6. The molecule has 3 aliphatic heterocycles. The highest BCUT2D eigenvalue weighted by molar-refractivity contribution is 5.94. The number of aromatic nitrogens is 2. The van der Waals surface area contributed by atoms with Crippen LogP contribution in [0.5, 0.6) is 0 Å². The minimum absolute atomic E-state index is 0.0673. The van der Waals surface area contributed by atoms with Crippen molar-refractivity contribution >= 4 is 5.91 Å². The van der Waals surface area contributed by atoms with E-state index in [9.17, 15) is 31.1 Å². The summed E-state index contributed by atoms with van der Waals surface area (Å²) in [6.07, 6.45) is -1.94. The van der Waals surface area contributed by atoms with Crippen LogP contribution in [0.25, 0.3) is 5.69 Å². The van der Waals surface area contributed by atoms with Crippen LogP contribution in [0, 0.1) is 17.5 Å². The third kappa shape index (κ3) is 4.22. The van der Waals surface area contributed by atoms with E-state index in [1.54, 1.807) is 18.2 Å². The lowest BCUT2D eigenvalue weighted by Gasteiger charge is -2.39. The van der Waals surface area contributed by atoms with Crippen molar-refractivity contribution in [2.24, 2.45) is 0 Å². The summed E-state index contributed by atoms with van der Waals surface area (Å²) in [4.78, 5) is 13.9. The molecule has 0 saturated carbocycles. The second kappa shape index (κ2) is 9.23. The maximum Gasteiger partial charge on any atom is 0.433 e. The number of likely N-dealkylation sites (N-methyl/N-ethyl adjacent to an activating group) is 1. The third-order valence-corrected chi connectivity index (χ3v) is 7.59. The molecule has 4 heterocycles. The maximum absolute atomic E-state index is 14.3. The number of alkyl halides is 3. The maximum atomic E-state index is 14.3.